The van der Waals surface area contributed by atoms with E-state index in [0.717, 1.165) is 12.8 Å². The van der Waals surface area contributed by atoms with Crippen molar-refractivity contribution in [3.63, 3.8) is 0 Å². The summed E-state index contributed by atoms with van der Waals surface area (Å²) in [5.74, 6) is 2.37. The predicted octanol–water partition coefficient (Wildman–Crippen LogP) is 4.39. The molecule has 120 valence electrons. The summed E-state index contributed by atoms with van der Waals surface area (Å²) in [6.07, 6.45) is 12.3. The fraction of sp³-hybridized carbons (Fsp3) is 1.00. The minimum Gasteiger partial charge on any atom is -0.396 e. The Labute approximate surface area is 126 Å². The Bertz CT molecular complexity index is 205. The van der Waals surface area contributed by atoms with E-state index in [0.29, 0.717) is 36.9 Å². The van der Waals surface area contributed by atoms with E-state index in [1.807, 2.05) is 0 Å². The maximum absolute atomic E-state index is 9.71. The minimum absolute atomic E-state index is 0.360. The highest BCUT2D eigenvalue weighted by atomic mass is 16.3. The summed E-state index contributed by atoms with van der Waals surface area (Å²) in [4.78, 5) is 0. The van der Waals surface area contributed by atoms with Crippen LogP contribution in [0, 0.1) is 23.7 Å². The molecule has 0 aliphatic heterocycles. The van der Waals surface area contributed by atoms with Crippen LogP contribution < -0.4 is 0 Å². The van der Waals surface area contributed by atoms with Crippen molar-refractivity contribution in [1.82, 2.24) is 0 Å². The van der Waals surface area contributed by atoms with Gasteiger partial charge in [-0.1, -0.05) is 52.4 Å². The molecule has 0 saturated heterocycles. The molecule has 0 aromatic heterocycles. The monoisotopic (exact) mass is 284 g/mol. The van der Waals surface area contributed by atoms with Gasteiger partial charge in [0.25, 0.3) is 0 Å². The van der Waals surface area contributed by atoms with Crippen LogP contribution in [0.25, 0.3) is 0 Å². The Morgan fingerprint density at radius 2 is 1.00 bits per heavy atom. The lowest BCUT2D eigenvalue weighted by Gasteiger charge is -2.35. The molecule has 4 atom stereocenters. The van der Waals surface area contributed by atoms with Gasteiger partial charge in [-0.05, 0) is 49.4 Å². The third kappa shape index (κ3) is 5.73. The fourth-order valence-corrected chi connectivity index (χ4v) is 3.97. The first-order valence-corrected chi connectivity index (χ1v) is 8.98. The second-order valence-corrected chi connectivity index (χ2v) is 6.84. The SMILES string of the molecule is CCCCC1CCC(CO)C(CCCC)CCC1CO. The second kappa shape index (κ2) is 10.6. The number of hydrogen-bond donors (Lipinski definition) is 2. The summed E-state index contributed by atoms with van der Waals surface area (Å²) >= 11 is 0. The van der Waals surface area contributed by atoms with Crippen LogP contribution in [0.2, 0.25) is 0 Å². The summed E-state index contributed by atoms with van der Waals surface area (Å²) in [6.45, 7) is 5.21. The topological polar surface area (TPSA) is 40.5 Å². The van der Waals surface area contributed by atoms with Gasteiger partial charge in [0.05, 0.1) is 0 Å². The molecule has 0 spiro atoms. The third-order valence-electron chi connectivity index (χ3n) is 5.48. The van der Waals surface area contributed by atoms with E-state index in [1.54, 1.807) is 0 Å². The maximum atomic E-state index is 9.71. The first kappa shape index (κ1) is 18.0. The lowest BCUT2D eigenvalue weighted by Crippen LogP contribution is -2.28. The third-order valence-corrected chi connectivity index (χ3v) is 5.48. The normalized spacial score (nSPS) is 31.8. The number of aliphatic hydroxyl groups is 2. The van der Waals surface area contributed by atoms with Crippen LogP contribution in [0.4, 0.5) is 0 Å². The van der Waals surface area contributed by atoms with Gasteiger partial charge in [-0.15, -0.1) is 0 Å². The van der Waals surface area contributed by atoms with E-state index in [-0.39, 0.29) is 0 Å². The van der Waals surface area contributed by atoms with Crippen LogP contribution in [0.15, 0.2) is 0 Å². The van der Waals surface area contributed by atoms with Gasteiger partial charge < -0.3 is 10.2 Å². The van der Waals surface area contributed by atoms with E-state index < -0.39 is 0 Å². The predicted molar refractivity (Wildman–Crippen MR) is 85.6 cm³/mol. The van der Waals surface area contributed by atoms with E-state index >= 15 is 0 Å². The first-order valence-electron chi connectivity index (χ1n) is 8.98. The van der Waals surface area contributed by atoms with E-state index in [9.17, 15) is 10.2 Å². The summed E-state index contributed by atoms with van der Waals surface area (Å²) in [6, 6.07) is 0. The van der Waals surface area contributed by atoms with Crippen molar-refractivity contribution in [3.05, 3.63) is 0 Å². The van der Waals surface area contributed by atoms with E-state index in [1.165, 1.54) is 51.4 Å². The van der Waals surface area contributed by atoms with Gasteiger partial charge in [0.2, 0.25) is 0 Å². The molecule has 1 saturated carbocycles. The molecule has 0 amide bonds. The number of aliphatic hydroxyl groups excluding tert-OH is 2. The highest BCUT2D eigenvalue weighted by molar-refractivity contribution is 4.80. The molecule has 0 bridgehead atoms. The van der Waals surface area contributed by atoms with Crippen LogP contribution in [0.1, 0.15) is 78.1 Å². The molecule has 0 aromatic rings. The smallest absolute Gasteiger partial charge is 0.0461 e. The summed E-state index contributed by atoms with van der Waals surface area (Å²) in [5.41, 5.74) is 0. The number of hydrogen-bond acceptors (Lipinski definition) is 2. The molecule has 1 fully saturated rings. The fourth-order valence-electron chi connectivity index (χ4n) is 3.97. The Morgan fingerprint density at radius 3 is 1.30 bits per heavy atom. The largest absolute Gasteiger partial charge is 0.396 e. The Balaban J connectivity index is 2.59. The van der Waals surface area contributed by atoms with Crippen LogP contribution in [0.5, 0.6) is 0 Å². The molecule has 2 nitrogen and oxygen atoms in total. The van der Waals surface area contributed by atoms with Crippen LogP contribution >= 0.6 is 0 Å². The van der Waals surface area contributed by atoms with Gasteiger partial charge in [-0.2, -0.15) is 0 Å². The summed E-state index contributed by atoms with van der Waals surface area (Å²) in [7, 11) is 0. The maximum Gasteiger partial charge on any atom is 0.0461 e. The molecule has 1 rings (SSSR count). The first-order chi connectivity index (χ1) is 9.76. The standard InChI is InChI=1S/C18H36O2/c1-3-5-7-15-9-11-18(14-20)16(8-6-4-2)10-12-17(15)13-19/h15-20H,3-14H2,1-2H3. The van der Waals surface area contributed by atoms with Crippen molar-refractivity contribution in [2.75, 3.05) is 13.2 Å². The second-order valence-electron chi connectivity index (χ2n) is 6.84. The van der Waals surface area contributed by atoms with Gasteiger partial charge in [-0.25, -0.2) is 0 Å². The zero-order valence-corrected chi connectivity index (χ0v) is 13.7. The molecule has 20 heavy (non-hydrogen) atoms. The Hall–Kier alpha value is -0.0800. The zero-order chi connectivity index (χ0) is 14.8. The molecule has 0 heterocycles. The average molecular weight is 284 g/mol. The highest BCUT2D eigenvalue weighted by Crippen LogP contribution is 2.37. The van der Waals surface area contributed by atoms with E-state index in [4.69, 9.17) is 0 Å². The van der Waals surface area contributed by atoms with Crippen molar-refractivity contribution in [2.24, 2.45) is 23.7 Å². The van der Waals surface area contributed by atoms with Crippen molar-refractivity contribution in [1.29, 1.82) is 0 Å². The molecule has 0 aromatic carbocycles. The molecular formula is C18H36O2. The molecule has 1 aliphatic carbocycles. The molecule has 2 heteroatoms. The lowest BCUT2D eigenvalue weighted by molar-refractivity contribution is 0.0835. The Morgan fingerprint density at radius 1 is 0.650 bits per heavy atom. The van der Waals surface area contributed by atoms with Crippen molar-refractivity contribution < 1.29 is 10.2 Å². The summed E-state index contributed by atoms with van der Waals surface area (Å²) < 4.78 is 0. The molecule has 0 radical (unpaired) electrons. The average Bonchev–Trinajstić information content (AvgIpc) is 2.46. The van der Waals surface area contributed by atoms with Gasteiger partial charge in [0.1, 0.15) is 0 Å². The van der Waals surface area contributed by atoms with Crippen molar-refractivity contribution in [2.45, 2.75) is 78.1 Å². The van der Waals surface area contributed by atoms with Gasteiger partial charge in [0.15, 0.2) is 0 Å². The van der Waals surface area contributed by atoms with Crippen LogP contribution in [0.3, 0.4) is 0 Å². The zero-order valence-electron chi connectivity index (χ0n) is 13.7. The lowest BCUT2D eigenvalue weighted by atomic mass is 9.72. The minimum atomic E-state index is 0.360. The van der Waals surface area contributed by atoms with Gasteiger partial charge in [-0.3, -0.25) is 0 Å². The van der Waals surface area contributed by atoms with Gasteiger partial charge >= 0.3 is 0 Å². The Kier molecular flexibility index (Phi) is 9.54. The van der Waals surface area contributed by atoms with Crippen LogP contribution in [-0.2, 0) is 0 Å². The molecule has 4 unspecified atom stereocenters. The number of unbranched alkanes of at least 4 members (excludes halogenated alkanes) is 2. The summed E-state index contributed by atoms with van der Waals surface area (Å²) in [5, 5.41) is 19.4. The van der Waals surface area contributed by atoms with Crippen molar-refractivity contribution >= 4 is 0 Å². The van der Waals surface area contributed by atoms with Gasteiger partial charge in [0, 0.05) is 13.2 Å². The molecule has 2 N–H and O–H groups in total. The van der Waals surface area contributed by atoms with E-state index in [2.05, 4.69) is 13.8 Å². The number of rotatable bonds is 8. The van der Waals surface area contributed by atoms with Crippen LogP contribution in [-0.4, -0.2) is 23.4 Å². The highest BCUT2D eigenvalue weighted by Gasteiger charge is 2.29. The molecular weight excluding hydrogens is 248 g/mol. The molecule has 1 aliphatic rings. The quantitative estimate of drug-likeness (QED) is 0.694. The van der Waals surface area contributed by atoms with Crippen molar-refractivity contribution in [3.8, 4) is 0 Å².